The Morgan fingerprint density at radius 1 is 1.00 bits per heavy atom. The Morgan fingerprint density at radius 2 is 1.64 bits per heavy atom. The summed E-state index contributed by atoms with van der Waals surface area (Å²) in [5.74, 6) is 1.16. The van der Waals surface area contributed by atoms with E-state index in [0.717, 1.165) is 0 Å². The number of methoxy groups -OCH3 is 1. The second kappa shape index (κ2) is 4.63. The Balaban J connectivity index is 1.86. The van der Waals surface area contributed by atoms with E-state index in [4.69, 9.17) is 4.74 Å². The van der Waals surface area contributed by atoms with E-state index in [1.54, 1.807) is 7.11 Å². The molecule has 2 saturated carbocycles. The summed E-state index contributed by atoms with van der Waals surface area (Å²) in [6.45, 7) is 0. The molecule has 0 spiro atoms. The van der Waals surface area contributed by atoms with Crippen LogP contribution in [-0.2, 0) is 4.74 Å². The Hall–Kier alpha value is -0.0800. The number of hydrogen-bond donors (Lipinski definition) is 1. The van der Waals surface area contributed by atoms with Crippen LogP contribution in [0, 0.1) is 11.8 Å². The van der Waals surface area contributed by atoms with Crippen molar-refractivity contribution < 1.29 is 9.84 Å². The van der Waals surface area contributed by atoms with Gasteiger partial charge in [-0.25, -0.2) is 0 Å². The third-order valence-electron chi connectivity index (χ3n) is 3.83. The molecule has 1 N–H and O–H groups in total. The molecule has 14 heavy (non-hydrogen) atoms. The Labute approximate surface area is 86.6 Å². The molecule has 0 bridgehead atoms. The number of hydrogen-bond acceptors (Lipinski definition) is 2. The number of rotatable bonds is 4. The van der Waals surface area contributed by atoms with Crippen LogP contribution in [0.25, 0.3) is 0 Å². The monoisotopic (exact) mass is 198 g/mol. The van der Waals surface area contributed by atoms with E-state index in [2.05, 4.69) is 0 Å². The van der Waals surface area contributed by atoms with E-state index in [1.165, 1.54) is 44.9 Å². The summed E-state index contributed by atoms with van der Waals surface area (Å²) in [5, 5.41) is 10.2. The molecule has 0 saturated heterocycles. The van der Waals surface area contributed by atoms with Crippen LogP contribution in [0.4, 0.5) is 0 Å². The Bertz CT molecular complexity index is 171. The zero-order chi connectivity index (χ0) is 9.97. The summed E-state index contributed by atoms with van der Waals surface area (Å²) < 4.78 is 5.44. The van der Waals surface area contributed by atoms with Gasteiger partial charge in [-0.05, 0) is 37.5 Å². The summed E-state index contributed by atoms with van der Waals surface area (Å²) in [6.07, 6.45) is 8.77. The van der Waals surface area contributed by atoms with Crippen molar-refractivity contribution in [1.29, 1.82) is 0 Å². The maximum Gasteiger partial charge on any atom is 0.0860 e. The SMILES string of the molecule is COC(C1CC1)C(O)C1CCCCC1. The Kier molecular flexibility index (Phi) is 3.45. The van der Waals surface area contributed by atoms with Crippen LogP contribution in [-0.4, -0.2) is 24.4 Å². The average molecular weight is 198 g/mol. The molecule has 2 rings (SSSR count). The minimum Gasteiger partial charge on any atom is -0.390 e. The van der Waals surface area contributed by atoms with Crippen molar-refractivity contribution in [1.82, 2.24) is 0 Å². The molecule has 2 heteroatoms. The van der Waals surface area contributed by atoms with Gasteiger partial charge in [0.25, 0.3) is 0 Å². The van der Waals surface area contributed by atoms with Crippen LogP contribution in [0.5, 0.6) is 0 Å². The number of aliphatic hydroxyl groups is 1. The zero-order valence-electron chi connectivity index (χ0n) is 9.11. The molecule has 0 heterocycles. The molecule has 2 atom stereocenters. The van der Waals surface area contributed by atoms with Gasteiger partial charge in [-0.2, -0.15) is 0 Å². The summed E-state index contributed by atoms with van der Waals surface area (Å²) >= 11 is 0. The zero-order valence-corrected chi connectivity index (χ0v) is 9.11. The lowest BCUT2D eigenvalue weighted by Crippen LogP contribution is -2.37. The van der Waals surface area contributed by atoms with Gasteiger partial charge in [-0.15, -0.1) is 0 Å². The van der Waals surface area contributed by atoms with Gasteiger partial charge in [-0.1, -0.05) is 19.3 Å². The van der Waals surface area contributed by atoms with Crippen molar-refractivity contribution in [3.63, 3.8) is 0 Å². The summed E-state index contributed by atoms with van der Waals surface area (Å²) in [4.78, 5) is 0. The molecule has 2 aliphatic carbocycles. The van der Waals surface area contributed by atoms with Crippen molar-refractivity contribution in [3.05, 3.63) is 0 Å². The van der Waals surface area contributed by atoms with E-state index in [-0.39, 0.29) is 12.2 Å². The van der Waals surface area contributed by atoms with Gasteiger partial charge in [0.15, 0.2) is 0 Å². The first-order valence-electron chi connectivity index (χ1n) is 6.04. The molecule has 0 aliphatic heterocycles. The Morgan fingerprint density at radius 3 is 2.14 bits per heavy atom. The molecule has 0 radical (unpaired) electrons. The van der Waals surface area contributed by atoms with Crippen molar-refractivity contribution in [2.24, 2.45) is 11.8 Å². The quantitative estimate of drug-likeness (QED) is 0.751. The van der Waals surface area contributed by atoms with Crippen LogP contribution < -0.4 is 0 Å². The third-order valence-corrected chi connectivity index (χ3v) is 3.83. The van der Waals surface area contributed by atoms with Crippen LogP contribution >= 0.6 is 0 Å². The fourth-order valence-corrected chi connectivity index (χ4v) is 2.78. The van der Waals surface area contributed by atoms with Crippen molar-refractivity contribution in [3.8, 4) is 0 Å². The lowest BCUT2D eigenvalue weighted by molar-refractivity contribution is -0.0596. The second-order valence-corrected chi connectivity index (χ2v) is 4.93. The van der Waals surface area contributed by atoms with Gasteiger partial charge in [0.05, 0.1) is 12.2 Å². The molecule has 2 unspecified atom stereocenters. The first-order valence-corrected chi connectivity index (χ1v) is 6.04. The van der Waals surface area contributed by atoms with E-state index >= 15 is 0 Å². The van der Waals surface area contributed by atoms with Gasteiger partial charge in [-0.3, -0.25) is 0 Å². The predicted molar refractivity (Wildman–Crippen MR) is 56.1 cm³/mol. The van der Waals surface area contributed by atoms with Crippen molar-refractivity contribution in [2.75, 3.05) is 7.11 Å². The fourth-order valence-electron chi connectivity index (χ4n) is 2.78. The fraction of sp³-hybridized carbons (Fsp3) is 1.00. The molecule has 2 aliphatic rings. The maximum absolute atomic E-state index is 10.2. The molecular weight excluding hydrogens is 176 g/mol. The first kappa shape index (κ1) is 10.4. The largest absolute Gasteiger partial charge is 0.390 e. The molecular formula is C12H22O2. The van der Waals surface area contributed by atoms with E-state index < -0.39 is 0 Å². The molecule has 0 aromatic carbocycles. The van der Waals surface area contributed by atoms with Gasteiger partial charge in [0.2, 0.25) is 0 Å². The second-order valence-electron chi connectivity index (χ2n) is 4.93. The normalized spacial score (nSPS) is 28.7. The topological polar surface area (TPSA) is 29.5 Å². The molecule has 0 aromatic heterocycles. The van der Waals surface area contributed by atoms with E-state index in [9.17, 15) is 5.11 Å². The van der Waals surface area contributed by atoms with E-state index in [1.807, 2.05) is 0 Å². The highest BCUT2D eigenvalue weighted by atomic mass is 16.5. The smallest absolute Gasteiger partial charge is 0.0860 e. The highest BCUT2D eigenvalue weighted by Crippen LogP contribution is 2.39. The van der Waals surface area contributed by atoms with Gasteiger partial charge in [0, 0.05) is 7.11 Å². The van der Waals surface area contributed by atoms with Crippen LogP contribution in [0.3, 0.4) is 0 Å². The van der Waals surface area contributed by atoms with Crippen LogP contribution in [0.2, 0.25) is 0 Å². The lowest BCUT2D eigenvalue weighted by Gasteiger charge is -2.31. The maximum atomic E-state index is 10.2. The van der Waals surface area contributed by atoms with Gasteiger partial charge < -0.3 is 9.84 Å². The lowest BCUT2D eigenvalue weighted by atomic mass is 9.82. The predicted octanol–water partition coefficient (Wildman–Crippen LogP) is 2.35. The molecule has 0 aromatic rings. The molecule has 2 nitrogen and oxygen atoms in total. The number of aliphatic hydroxyl groups excluding tert-OH is 1. The highest BCUT2D eigenvalue weighted by molar-refractivity contribution is 4.90. The van der Waals surface area contributed by atoms with Crippen LogP contribution in [0.15, 0.2) is 0 Å². The standard InChI is InChI=1S/C12H22O2/c1-14-12(10-7-8-10)11(13)9-5-3-2-4-6-9/h9-13H,2-8H2,1H3. The first-order chi connectivity index (χ1) is 6.83. The molecule has 82 valence electrons. The summed E-state index contributed by atoms with van der Waals surface area (Å²) in [6, 6.07) is 0. The highest BCUT2D eigenvalue weighted by Gasteiger charge is 2.39. The van der Waals surface area contributed by atoms with Crippen molar-refractivity contribution in [2.45, 2.75) is 57.2 Å². The van der Waals surface area contributed by atoms with E-state index in [0.29, 0.717) is 11.8 Å². The number of ether oxygens (including phenoxy) is 1. The van der Waals surface area contributed by atoms with Crippen molar-refractivity contribution >= 4 is 0 Å². The summed E-state index contributed by atoms with van der Waals surface area (Å²) in [7, 11) is 1.75. The van der Waals surface area contributed by atoms with Gasteiger partial charge >= 0.3 is 0 Å². The molecule has 2 fully saturated rings. The minimum atomic E-state index is -0.201. The minimum absolute atomic E-state index is 0.123. The molecule has 0 amide bonds. The van der Waals surface area contributed by atoms with Crippen LogP contribution in [0.1, 0.15) is 44.9 Å². The summed E-state index contributed by atoms with van der Waals surface area (Å²) in [5.41, 5.74) is 0. The average Bonchev–Trinajstić information content (AvgIpc) is 3.04. The van der Waals surface area contributed by atoms with Gasteiger partial charge in [0.1, 0.15) is 0 Å². The third kappa shape index (κ3) is 2.29.